The highest BCUT2D eigenvalue weighted by Crippen LogP contribution is 2.37. The van der Waals surface area contributed by atoms with Crippen LogP contribution in [0.15, 0.2) is 23.0 Å². The first kappa shape index (κ1) is 12.6. The Labute approximate surface area is 115 Å². The minimum absolute atomic E-state index is 0.0613. The van der Waals surface area contributed by atoms with Crippen LogP contribution < -0.4 is 10.3 Å². The van der Waals surface area contributed by atoms with Crippen LogP contribution in [0.3, 0.4) is 0 Å². The van der Waals surface area contributed by atoms with Crippen molar-refractivity contribution in [3.63, 3.8) is 0 Å². The molecule has 0 saturated heterocycles. The highest BCUT2D eigenvalue weighted by atomic mass is 32.2. The summed E-state index contributed by atoms with van der Waals surface area (Å²) in [5.41, 5.74) is 3.22. The molecule has 0 spiro atoms. The predicted octanol–water partition coefficient (Wildman–Crippen LogP) is 2.02. The van der Waals surface area contributed by atoms with Gasteiger partial charge in [0, 0.05) is 17.9 Å². The van der Waals surface area contributed by atoms with E-state index in [1.165, 1.54) is 5.56 Å². The SMILES string of the molecule is Cc1cc2c(c3ccc(=O)[nH]c13)OC(C[S+](C)C)C2. The minimum Gasteiger partial charge on any atom is -0.484 e. The van der Waals surface area contributed by atoms with E-state index in [0.717, 1.165) is 34.4 Å². The predicted molar refractivity (Wildman–Crippen MR) is 81.5 cm³/mol. The fourth-order valence-electron chi connectivity index (χ4n) is 2.76. The molecule has 1 aromatic heterocycles. The molecule has 0 bridgehead atoms. The van der Waals surface area contributed by atoms with E-state index in [9.17, 15) is 4.79 Å². The van der Waals surface area contributed by atoms with Crippen molar-refractivity contribution in [2.24, 2.45) is 0 Å². The molecule has 0 radical (unpaired) electrons. The molecule has 1 atom stereocenters. The zero-order chi connectivity index (χ0) is 13.6. The number of fused-ring (bicyclic) bond motifs is 3. The lowest BCUT2D eigenvalue weighted by Crippen LogP contribution is -2.23. The van der Waals surface area contributed by atoms with Gasteiger partial charge in [0.2, 0.25) is 5.56 Å². The Morgan fingerprint density at radius 3 is 2.95 bits per heavy atom. The quantitative estimate of drug-likeness (QED) is 0.853. The highest BCUT2D eigenvalue weighted by molar-refractivity contribution is 7.95. The van der Waals surface area contributed by atoms with Crippen LogP contribution in [0.5, 0.6) is 5.75 Å². The Morgan fingerprint density at radius 2 is 2.21 bits per heavy atom. The summed E-state index contributed by atoms with van der Waals surface area (Å²) in [5, 5.41) is 1.03. The number of hydrogen-bond acceptors (Lipinski definition) is 2. The summed E-state index contributed by atoms with van der Waals surface area (Å²) in [7, 11) is 0.381. The van der Waals surface area contributed by atoms with Crippen LogP contribution in [0.1, 0.15) is 11.1 Å². The molecular formula is C15H18NO2S+. The van der Waals surface area contributed by atoms with Crippen LogP contribution in [-0.2, 0) is 17.3 Å². The molecule has 0 fully saturated rings. The zero-order valence-corrected chi connectivity index (χ0v) is 12.3. The molecule has 4 heteroatoms. The van der Waals surface area contributed by atoms with Crippen LogP contribution in [0, 0.1) is 6.92 Å². The molecule has 1 aliphatic rings. The van der Waals surface area contributed by atoms with Crippen molar-refractivity contribution in [3.05, 3.63) is 39.7 Å². The van der Waals surface area contributed by atoms with E-state index in [-0.39, 0.29) is 11.7 Å². The van der Waals surface area contributed by atoms with Crippen LogP contribution in [0.2, 0.25) is 0 Å². The third-order valence-corrected chi connectivity index (χ3v) is 4.53. The van der Waals surface area contributed by atoms with Crippen molar-refractivity contribution in [2.45, 2.75) is 19.4 Å². The average Bonchev–Trinajstić information content (AvgIpc) is 2.70. The number of hydrogen-bond donors (Lipinski definition) is 1. The molecule has 0 amide bonds. The van der Waals surface area contributed by atoms with Gasteiger partial charge >= 0.3 is 0 Å². The second kappa shape index (κ2) is 4.60. The Bertz CT molecular complexity index is 690. The van der Waals surface area contributed by atoms with Gasteiger partial charge in [-0.15, -0.1) is 0 Å². The molecule has 1 N–H and O–H groups in total. The zero-order valence-electron chi connectivity index (χ0n) is 11.4. The number of aromatic nitrogens is 1. The Hall–Kier alpha value is -1.42. The summed E-state index contributed by atoms with van der Waals surface area (Å²) in [6.45, 7) is 2.04. The third-order valence-electron chi connectivity index (χ3n) is 3.49. The van der Waals surface area contributed by atoms with Gasteiger partial charge < -0.3 is 9.72 Å². The lowest BCUT2D eigenvalue weighted by atomic mass is 10.0. The summed E-state index contributed by atoms with van der Waals surface area (Å²) in [6, 6.07) is 5.60. The summed E-state index contributed by atoms with van der Waals surface area (Å²) in [5.74, 6) is 2.06. The van der Waals surface area contributed by atoms with Crippen molar-refractivity contribution >= 4 is 21.8 Å². The summed E-state index contributed by atoms with van der Waals surface area (Å²) < 4.78 is 6.11. The molecule has 3 nitrogen and oxygen atoms in total. The van der Waals surface area contributed by atoms with E-state index >= 15 is 0 Å². The second-order valence-corrected chi connectivity index (χ2v) is 7.69. The van der Waals surface area contributed by atoms with Gasteiger partial charge in [-0.3, -0.25) is 4.79 Å². The van der Waals surface area contributed by atoms with Gasteiger partial charge in [-0.05, 0) is 35.0 Å². The Morgan fingerprint density at radius 1 is 1.42 bits per heavy atom. The lowest BCUT2D eigenvalue weighted by molar-refractivity contribution is 0.261. The van der Waals surface area contributed by atoms with Gasteiger partial charge in [-0.1, -0.05) is 6.07 Å². The van der Waals surface area contributed by atoms with Crippen LogP contribution >= 0.6 is 0 Å². The Kier molecular flexibility index (Phi) is 3.05. The number of rotatable bonds is 2. The van der Waals surface area contributed by atoms with E-state index in [1.54, 1.807) is 6.07 Å². The average molecular weight is 276 g/mol. The lowest BCUT2D eigenvalue weighted by Gasteiger charge is -2.10. The number of ether oxygens (including phenoxy) is 1. The largest absolute Gasteiger partial charge is 0.484 e. The highest BCUT2D eigenvalue weighted by Gasteiger charge is 2.29. The summed E-state index contributed by atoms with van der Waals surface area (Å²) in [4.78, 5) is 14.4. The van der Waals surface area contributed by atoms with Crippen LogP contribution in [0.4, 0.5) is 0 Å². The first-order chi connectivity index (χ1) is 9.04. The first-order valence-corrected chi connectivity index (χ1v) is 8.62. The van der Waals surface area contributed by atoms with Crippen molar-refractivity contribution < 1.29 is 4.74 Å². The van der Waals surface area contributed by atoms with Crippen molar-refractivity contribution in [1.82, 2.24) is 4.98 Å². The molecule has 1 unspecified atom stereocenters. The molecule has 1 aliphatic heterocycles. The molecule has 0 saturated carbocycles. The van der Waals surface area contributed by atoms with E-state index < -0.39 is 0 Å². The number of aryl methyl sites for hydroxylation is 1. The van der Waals surface area contributed by atoms with Gasteiger partial charge in [0.25, 0.3) is 0 Å². The maximum Gasteiger partial charge on any atom is 0.248 e. The van der Waals surface area contributed by atoms with E-state index in [0.29, 0.717) is 10.9 Å². The molecule has 2 aromatic rings. The van der Waals surface area contributed by atoms with E-state index in [1.807, 2.05) is 13.0 Å². The van der Waals surface area contributed by atoms with Crippen molar-refractivity contribution in [3.8, 4) is 5.75 Å². The number of H-pyrrole nitrogens is 1. The van der Waals surface area contributed by atoms with Gasteiger partial charge in [-0.25, -0.2) is 0 Å². The summed E-state index contributed by atoms with van der Waals surface area (Å²) >= 11 is 0. The molecule has 2 heterocycles. The molecule has 3 rings (SSSR count). The smallest absolute Gasteiger partial charge is 0.248 e. The van der Waals surface area contributed by atoms with E-state index in [2.05, 4.69) is 23.6 Å². The fourth-order valence-corrected chi connectivity index (χ4v) is 3.69. The van der Waals surface area contributed by atoms with Gasteiger partial charge in [0.05, 0.1) is 18.0 Å². The fraction of sp³-hybridized carbons (Fsp3) is 0.400. The molecule has 19 heavy (non-hydrogen) atoms. The number of pyridine rings is 1. The summed E-state index contributed by atoms with van der Waals surface area (Å²) in [6.07, 6.45) is 5.75. The molecular weight excluding hydrogens is 258 g/mol. The first-order valence-electron chi connectivity index (χ1n) is 6.41. The third kappa shape index (κ3) is 2.25. The van der Waals surface area contributed by atoms with Crippen molar-refractivity contribution in [1.29, 1.82) is 0 Å². The number of aromatic amines is 1. The normalized spacial score (nSPS) is 17.8. The molecule has 1 aromatic carbocycles. The van der Waals surface area contributed by atoms with Crippen LogP contribution in [-0.4, -0.2) is 29.4 Å². The topological polar surface area (TPSA) is 42.1 Å². The molecule has 0 aliphatic carbocycles. The van der Waals surface area contributed by atoms with Crippen molar-refractivity contribution in [2.75, 3.05) is 18.3 Å². The minimum atomic E-state index is -0.0613. The van der Waals surface area contributed by atoms with Gasteiger partial charge in [0.1, 0.15) is 17.6 Å². The Balaban J connectivity index is 2.10. The monoisotopic (exact) mass is 276 g/mol. The molecule has 100 valence electrons. The van der Waals surface area contributed by atoms with Gasteiger partial charge in [0.15, 0.2) is 0 Å². The number of benzene rings is 1. The van der Waals surface area contributed by atoms with Crippen LogP contribution in [0.25, 0.3) is 10.9 Å². The van der Waals surface area contributed by atoms with E-state index in [4.69, 9.17) is 4.74 Å². The van der Waals surface area contributed by atoms with Gasteiger partial charge in [-0.2, -0.15) is 0 Å². The number of nitrogens with one attached hydrogen (secondary N) is 1. The standard InChI is InChI=1S/C15H17NO2S/c1-9-6-10-7-11(8-19(2)3)18-15(10)12-4-5-13(17)16-14(9)12/h4-6,11H,7-8H2,1-3H3/p+1. The second-order valence-electron chi connectivity index (χ2n) is 5.39. The maximum absolute atomic E-state index is 11.5. The maximum atomic E-state index is 11.5.